The number of carbonyl (C=O) groups excluding carboxylic acids is 2. The number of nitrogens with one attached hydrogen (secondary N) is 2. The molecule has 1 rings (SSSR count). The van der Waals surface area contributed by atoms with Gasteiger partial charge in [0, 0.05) is 18.2 Å². The molecule has 0 saturated carbocycles. The number of benzene rings is 1. The Bertz CT molecular complexity index is 545. The molecule has 1 aromatic carbocycles. The Balaban J connectivity index is 2.38. The lowest BCUT2D eigenvalue weighted by Gasteiger charge is -2.12. The van der Waals surface area contributed by atoms with Gasteiger partial charge in [-0.3, -0.25) is 4.79 Å². The van der Waals surface area contributed by atoms with Crippen LogP contribution in [0.25, 0.3) is 0 Å². The van der Waals surface area contributed by atoms with Crippen molar-refractivity contribution >= 4 is 23.8 Å². The second-order valence-corrected chi connectivity index (χ2v) is 5.08. The van der Waals surface area contributed by atoms with E-state index in [0.29, 0.717) is 30.6 Å². The maximum Gasteiger partial charge on any atom is 0.506 e. The highest BCUT2D eigenvalue weighted by atomic mass is 16.7. The van der Waals surface area contributed by atoms with E-state index in [-0.39, 0.29) is 18.4 Å². The standard InChI is InChI=1S/C15H21N3O5/c1-10(3-2-8-17-14(16)20)13(19)18-12-6-4-11(5-7-12)9-23-15(21)22/h4-7,10H,2-3,8-9H2,1H3,(H,18,19)(H,21,22)(H3,16,17,20)/t10-/m0/s1. The van der Waals surface area contributed by atoms with Gasteiger partial charge >= 0.3 is 12.2 Å². The van der Waals surface area contributed by atoms with Gasteiger partial charge in [-0.05, 0) is 30.5 Å². The minimum atomic E-state index is -1.33. The molecule has 8 heteroatoms. The maximum atomic E-state index is 12.0. The molecule has 0 radical (unpaired) electrons. The fourth-order valence-electron chi connectivity index (χ4n) is 1.85. The number of hydrogen-bond acceptors (Lipinski definition) is 4. The first-order valence-electron chi connectivity index (χ1n) is 7.17. The molecule has 5 N–H and O–H groups in total. The number of hydrogen-bond donors (Lipinski definition) is 4. The highest BCUT2D eigenvalue weighted by Crippen LogP contribution is 2.13. The molecule has 0 spiro atoms. The molecule has 3 amide bonds. The summed E-state index contributed by atoms with van der Waals surface area (Å²) >= 11 is 0. The lowest BCUT2D eigenvalue weighted by molar-refractivity contribution is -0.119. The molecular formula is C15H21N3O5. The monoisotopic (exact) mass is 323 g/mol. The topological polar surface area (TPSA) is 131 Å². The van der Waals surface area contributed by atoms with Gasteiger partial charge in [0.2, 0.25) is 5.91 Å². The lowest BCUT2D eigenvalue weighted by atomic mass is 10.0. The predicted molar refractivity (Wildman–Crippen MR) is 83.9 cm³/mol. The van der Waals surface area contributed by atoms with Gasteiger partial charge in [0.15, 0.2) is 0 Å². The van der Waals surface area contributed by atoms with Crippen molar-refractivity contribution in [2.45, 2.75) is 26.4 Å². The summed E-state index contributed by atoms with van der Waals surface area (Å²) in [4.78, 5) is 32.8. The second kappa shape index (κ2) is 9.29. The molecule has 0 aliphatic rings. The van der Waals surface area contributed by atoms with Crippen LogP contribution in [0.4, 0.5) is 15.3 Å². The summed E-state index contributed by atoms with van der Waals surface area (Å²) in [7, 11) is 0. The summed E-state index contributed by atoms with van der Waals surface area (Å²) in [6, 6.07) is 6.15. The van der Waals surface area contributed by atoms with Crippen LogP contribution in [0.3, 0.4) is 0 Å². The van der Waals surface area contributed by atoms with Crippen molar-refractivity contribution in [2.75, 3.05) is 11.9 Å². The number of amides is 3. The van der Waals surface area contributed by atoms with Crippen molar-refractivity contribution in [2.24, 2.45) is 11.7 Å². The Hall–Kier alpha value is -2.77. The Kier molecular flexibility index (Phi) is 7.38. The quantitative estimate of drug-likeness (QED) is 0.429. The van der Waals surface area contributed by atoms with Crippen LogP contribution in [-0.2, 0) is 16.1 Å². The first-order chi connectivity index (χ1) is 10.9. The van der Waals surface area contributed by atoms with Gasteiger partial charge in [-0.2, -0.15) is 0 Å². The number of rotatable bonds is 8. The number of carbonyl (C=O) groups is 3. The van der Waals surface area contributed by atoms with Gasteiger partial charge < -0.3 is 26.2 Å². The zero-order valence-electron chi connectivity index (χ0n) is 12.9. The Morgan fingerprint density at radius 2 is 1.91 bits per heavy atom. The molecule has 23 heavy (non-hydrogen) atoms. The molecule has 126 valence electrons. The lowest BCUT2D eigenvalue weighted by Crippen LogP contribution is -2.30. The highest BCUT2D eigenvalue weighted by Gasteiger charge is 2.12. The maximum absolute atomic E-state index is 12.0. The molecule has 0 aliphatic carbocycles. The average Bonchev–Trinajstić information content (AvgIpc) is 2.50. The van der Waals surface area contributed by atoms with Gasteiger partial charge in [-0.15, -0.1) is 0 Å². The molecule has 1 aromatic rings. The van der Waals surface area contributed by atoms with E-state index in [0.717, 1.165) is 0 Å². The van der Waals surface area contributed by atoms with Crippen LogP contribution in [0.15, 0.2) is 24.3 Å². The zero-order valence-corrected chi connectivity index (χ0v) is 12.9. The third-order valence-corrected chi connectivity index (χ3v) is 3.14. The van der Waals surface area contributed by atoms with Crippen molar-refractivity contribution in [1.82, 2.24) is 5.32 Å². The number of nitrogens with two attached hydrogens (primary N) is 1. The van der Waals surface area contributed by atoms with Gasteiger partial charge in [-0.1, -0.05) is 19.1 Å². The van der Waals surface area contributed by atoms with E-state index in [4.69, 9.17) is 10.8 Å². The third kappa shape index (κ3) is 7.70. The van der Waals surface area contributed by atoms with Crippen molar-refractivity contribution in [3.63, 3.8) is 0 Å². The first-order valence-corrected chi connectivity index (χ1v) is 7.17. The van der Waals surface area contributed by atoms with Gasteiger partial charge in [0.05, 0.1) is 0 Å². The second-order valence-electron chi connectivity index (χ2n) is 5.08. The molecule has 0 aliphatic heterocycles. The van der Waals surface area contributed by atoms with Crippen LogP contribution < -0.4 is 16.4 Å². The summed E-state index contributed by atoms with van der Waals surface area (Å²) in [5.74, 6) is -0.335. The number of ether oxygens (including phenoxy) is 1. The van der Waals surface area contributed by atoms with Crippen molar-refractivity contribution in [3.05, 3.63) is 29.8 Å². The fraction of sp³-hybridized carbons (Fsp3) is 0.400. The minimum Gasteiger partial charge on any atom is -0.450 e. The van der Waals surface area contributed by atoms with E-state index >= 15 is 0 Å². The fourth-order valence-corrected chi connectivity index (χ4v) is 1.85. The zero-order chi connectivity index (χ0) is 17.2. The van der Waals surface area contributed by atoms with Gasteiger partial charge in [-0.25, -0.2) is 9.59 Å². The van der Waals surface area contributed by atoms with Crippen LogP contribution in [-0.4, -0.2) is 29.7 Å². The van der Waals surface area contributed by atoms with Crippen LogP contribution in [0.5, 0.6) is 0 Å². The summed E-state index contributed by atoms with van der Waals surface area (Å²) in [5, 5.41) is 13.7. The Morgan fingerprint density at radius 1 is 1.26 bits per heavy atom. The molecule has 0 heterocycles. The summed E-state index contributed by atoms with van der Waals surface area (Å²) in [6.45, 7) is 2.20. The number of primary amides is 1. The van der Waals surface area contributed by atoms with Crippen LogP contribution in [0.2, 0.25) is 0 Å². The molecule has 0 unspecified atom stereocenters. The summed E-state index contributed by atoms with van der Waals surface area (Å²) < 4.78 is 4.45. The van der Waals surface area contributed by atoms with Gasteiger partial charge in [0.25, 0.3) is 0 Å². The number of anilines is 1. The van der Waals surface area contributed by atoms with E-state index < -0.39 is 12.2 Å². The first kappa shape index (κ1) is 18.3. The SMILES string of the molecule is C[C@@H](CCCNC(N)=O)C(=O)Nc1ccc(COC(=O)O)cc1. The molecule has 0 aromatic heterocycles. The van der Waals surface area contributed by atoms with Crippen molar-refractivity contribution in [1.29, 1.82) is 0 Å². The van der Waals surface area contributed by atoms with Crippen LogP contribution in [0.1, 0.15) is 25.3 Å². The average molecular weight is 323 g/mol. The number of urea groups is 1. The van der Waals surface area contributed by atoms with E-state index in [1.54, 1.807) is 31.2 Å². The molecule has 0 fully saturated rings. The summed E-state index contributed by atoms with van der Waals surface area (Å²) in [6.07, 6.45) is -0.0540. The van der Waals surface area contributed by atoms with Crippen LogP contribution in [0, 0.1) is 5.92 Å². The van der Waals surface area contributed by atoms with E-state index in [9.17, 15) is 14.4 Å². The molecule has 8 nitrogen and oxygen atoms in total. The van der Waals surface area contributed by atoms with Crippen LogP contribution >= 0.6 is 0 Å². The van der Waals surface area contributed by atoms with Crippen molar-refractivity contribution in [3.8, 4) is 0 Å². The van der Waals surface area contributed by atoms with E-state index in [1.165, 1.54) is 0 Å². The Labute approximate surface area is 134 Å². The predicted octanol–water partition coefficient (Wildman–Crippen LogP) is 1.90. The normalized spacial score (nSPS) is 11.3. The third-order valence-electron chi connectivity index (χ3n) is 3.14. The summed E-state index contributed by atoms with van der Waals surface area (Å²) in [5.41, 5.74) is 6.26. The van der Waals surface area contributed by atoms with Crippen molar-refractivity contribution < 1.29 is 24.2 Å². The molecule has 0 bridgehead atoms. The van der Waals surface area contributed by atoms with E-state index in [1.807, 2.05) is 0 Å². The molecule has 0 saturated heterocycles. The minimum absolute atomic E-state index is 0.0349. The smallest absolute Gasteiger partial charge is 0.450 e. The Morgan fingerprint density at radius 3 is 2.48 bits per heavy atom. The van der Waals surface area contributed by atoms with Gasteiger partial charge in [0.1, 0.15) is 6.61 Å². The highest BCUT2D eigenvalue weighted by molar-refractivity contribution is 5.92. The largest absolute Gasteiger partial charge is 0.506 e. The molecular weight excluding hydrogens is 302 g/mol. The number of carboxylic acid groups (broad SMARTS) is 1. The van der Waals surface area contributed by atoms with E-state index in [2.05, 4.69) is 15.4 Å². The molecule has 1 atom stereocenters.